The van der Waals surface area contributed by atoms with Crippen molar-refractivity contribution in [2.75, 3.05) is 17.7 Å². The third-order valence-electron chi connectivity index (χ3n) is 4.29. The van der Waals surface area contributed by atoms with Crippen LogP contribution >= 0.6 is 11.6 Å². The molecule has 29 heavy (non-hydrogen) atoms. The van der Waals surface area contributed by atoms with Crippen molar-refractivity contribution in [2.45, 2.75) is 0 Å². The molecule has 0 radical (unpaired) electrons. The number of methoxy groups -OCH3 is 1. The second-order valence-electron chi connectivity index (χ2n) is 6.17. The zero-order valence-electron chi connectivity index (χ0n) is 15.3. The highest BCUT2D eigenvalue weighted by atomic mass is 35.5. The van der Waals surface area contributed by atoms with Gasteiger partial charge in [-0.05, 0) is 36.4 Å². The molecule has 0 aliphatic rings. The number of hydrogen-bond donors (Lipinski definition) is 2. The molecule has 0 fully saturated rings. The maximum absolute atomic E-state index is 13.9. The van der Waals surface area contributed by atoms with Crippen LogP contribution in [0.1, 0.15) is 0 Å². The smallest absolute Gasteiger partial charge is 0.324 e. The molecule has 0 spiro atoms. The number of hydrogen-bond acceptors (Lipinski definition) is 3. The van der Waals surface area contributed by atoms with Gasteiger partial charge in [0.2, 0.25) is 0 Å². The summed E-state index contributed by atoms with van der Waals surface area (Å²) in [6, 6.07) is 16.3. The van der Waals surface area contributed by atoms with Crippen molar-refractivity contribution in [1.82, 2.24) is 9.38 Å². The van der Waals surface area contributed by atoms with Gasteiger partial charge >= 0.3 is 6.03 Å². The summed E-state index contributed by atoms with van der Waals surface area (Å²) < 4.78 is 20.5. The predicted octanol–water partition coefficient (Wildman–Crippen LogP) is 5.45. The first-order valence-corrected chi connectivity index (χ1v) is 9.07. The van der Waals surface area contributed by atoms with Crippen molar-refractivity contribution in [3.8, 4) is 17.0 Å². The van der Waals surface area contributed by atoms with Gasteiger partial charge in [-0.15, -0.1) is 0 Å². The predicted molar refractivity (Wildman–Crippen MR) is 111 cm³/mol. The molecule has 2 aromatic carbocycles. The number of anilines is 2. The number of rotatable bonds is 4. The Morgan fingerprint density at radius 3 is 2.62 bits per heavy atom. The van der Waals surface area contributed by atoms with Crippen LogP contribution in [0.15, 0.2) is 66.9 Å². The van der Waals surface area contributed by atoms with Crippen LogP contribution in [0, 0.1) is 5.82 Å². The number of urea groups is 1. The number of carbonyl (C=O) groups is 1. The van der Waals surface area contributed by atoms with E-state index in [2.05, 4.69) is 15.6 Å². The average molecular weight is 411 g/mol. The molecule has 2 amide bonds. The molecule has 0 saturated carbocycles. The van der Waals surface area contributed by atoms with Crippen LogP contribution in [0.2, 0.25) is 5.02 Å². The number of imidazole rings is 1. The number of carbonyl (C=O) groups excluding carboxylic acids is 1. The van der Waals surface area contributed by atoms with Crippen LogP contribution in [-0.2, 0) is 0 Å². The molecule has 0 bridgehead atoms. The van der Waals surface area contributed by atoms with E-state index in [-0.39, 0.29) is 5.75 Å². The van der Waals surface area contributed by atoms with E-state index in [1.165, 1.54) is 19.2 Å². The first kappa shape index (κ1) is 18.8. The van der Waals surface area contributed by atoms with E-state index in [1.54, 1.807) is 28.8 Å². The summed E-state index contributed by atoms with van der Waals surface area (Å²) in [7, 11) is 1.38. The third-order valence-corrected chi connectivity index (χ3v) is 4.54. The largest absolute Gasteiger partial charge is 0.494 e. The fourth-order valence-electron chi connectivity index (χ4n) is 2.94. The topological polar surface area (TPSA) is 67.7 Å². The zero-order valence-corrected chi connectivity index (χ0v) is 16.1. The SMILES string of the molecule is COc1ccc(NC(=O)Nc2c(-c3ccc(Cl)cc3)nc3ccccn23)cc1F. The summed E-state index contributed by atoms with van der Waals surface area (Å²) in [5.74, 6) is 0.0131. The number of nitrogens with zero attached hydrogens (tertiary/aromatic N) is 2. The van der Waals surface area contributed by atoms with Crippen LogP contribution in [0.3, 0.4) is 0 Å². The molecular weight excluding hydrogens is 395 g/mol. The molecule has 2 N–H and O–H groups in total. The number of amides is 2. The number of pyridine rings is 1. The summed E-state index contributed by atoms with van der Waals surface area (Å²) in [5.41, 5.74) is 2.35. The molecule has 0 aliphatic carbocycles. The van der Waals surface area contributed by atoms with E-state index in [1.807, 2.05) is 30.3 Å². The molecule has 2 aromatic heterocycles. The van der Waals surface area contributed by atoms with E-state index < -0.39 is 11.8 Å². The van der Waals surface area contributed by atoms with Gasteiger partial charge < -0.3 is 10.1 Å². The van der Waals surface area contributed by atoms with Crippen molar-refractivity contribution >= 4 is 34.8 Å². The van der Waals surface area contributed by atoms with Crippen LogP contribution < -0.4 is 15.4 Å². The van der Waals surface area contributed by atoms with Gasteiger partial charge in [0, 0.05) is 28.5 Å². The van der Waals surface area contributed by atoms with E-state index >= 15 is 0 Å². The van der Waals surface area contributed by atoms with Crippen molar-refractivity contribution < 1.29 is 13.9 Å². The monoisotopic (exact) mass is 410 g/mol. The Bertz CT molecular complexity index is 1190. The molecule has 146 valence electrons. The Labute approximate surface area is 170 Å². The Morgan fingerprint density at radius 1 is 1.10 bits per heavy atom. The van der Waals surface area contributed by atoms with Crippen molar-refractivity contribution in [1.29, 1.82) is 0 Å². The molecule has 6 nitrogen and oxygen atoms in total. The fraction of sp³-hybridized carbons (Fsp3) is 0.0476. The second kappa shape index (κ2) is 7.81. The number of halogens is 2. The Kier molecular flexibility index (Phi) is 5.05. The Balaban J connectivity index is 1.66. The quantitative estimate of drug-likeness (QED) is 0.470. The Hall–Kier alpha value is -3.58. The minimum absolute atomic E-state index is 0.0998. The zero-order chi connectivity index (χ0) is 20.4. The van der Waals surface area contributed by atoms with Crippen LogP contribution in [-0.4, -0.2) is 22.5 Å². The highest BCUT2D eigenvalue weighted by Gasteiger charge is 2.17. The van der Waals surface area contributed by atoms with Gasteiger partial charge in [-0.3, -0.25) is 9.72 Å². The maximum atomic E-state index is 13.9. The lowest BCUT2D eigenvalue weighted by Gasteiger charge is -2.10. The van der Waals surface area contributed by atoms with Gasteiger partial charge in [0.25, 0.3) is 0 Å². The molecule has 2 heterocycles. The molecule has 0 unspecified atom stereocenters. The summed E-state index contributed by atoms with van der Waals surface area (Å²) in [6.45, 7) is 0. The third kappa shape index (κ3) is 3.86. The number of nitrogens with one attached hydrogen (secondary N) is 2. The molecule has 8 heteroatoms. The van der Waals surface area contributed by atoms with E-state index in [4.69, 9.17) is 16.3 Å². The summed E-state index contributed by atoms with van der Waals surface area (Å²) in [4.78, 5) is 17.2. The van der Waals surface area contributed by atoms with Crippen molar-refractivity contribution in [3.05, 3.63) is 77.7 Å². The molecule has 0 saturated heterocycles. The van der Waals surface area contributed by atoms with Gasteiger partial charge in [0.05, 0.1) is 7.11 Å². The average Bonchev–Trinajstić information content (AvgIpc) is 3.07. The normalized spacial score (nSPS) is 10.7. The molecular formula is C21H16ClFN4O2. The lowest BCUT2D eigenvalue weighted by molar-refractivity contribution is 0.262. The lowest BCUT2D eigenvalue weighted by atomic mass is 10.1. The Morgan fingerprint density at radius 2 is 1.90 bits per heavy atom. The number of fused-ring (bicyclic) bond motifs is 1. The van der Waals surface area contributed by atoms with Gasteiger partial charge in [0.15, 0.2) is 11.6 Å². The second-order valence-corrected chi connectivity index (χ2v) is 6.61. The number of aromatic nitrogens is 2. The number of ether oxygens (including phenoxy) is 1. The van der Waals surface area contributed by atoms with E-state index in [0.29, 0.717) is 27.9 Å². The van der Waals surface area contributed by atoms with Crippen molar-refractivity contribution in [3.63, 3.8) is 0 Å². The van der Waals surface area contributed by atoms with Gasteiger partial charge in [-0.1, -0.05) is 29.8 Å². The molecule has 0 atom stereocenters. The first-order valence-electron chi connectivity index (χ1n) is 8.70. The van der Waals surface area contributed by atoms with Gasteiger partial charge in [-0.2, -0.15) is 0 Å². The maximum Gasteiger partial charge on any atom is 0.324 e. The first-order chi connectivity index (χ1) is 14.0. The van der Waals surface area contributed by atoms with Crippen LogP contribution in [0.5, 0.6) is 5.75 Å². The highest BCUT2D eigenvalue weighted by molar-refractivity contribution is 6.30. The molecule has 0 aliphatic heterocycles. The summed E-state index contributed by atoms with van der Waals surface area (Å²) in [5, 5.41) is 6.03. The standard InChI is InChI=1S/C21H16ClFN4O2/c1-29-17-10-9-15(12-16(17)23)24-21(28)26-20-19(13-5-7-14(22)8-6-13)25-18-4-2-3-11-27(18)20/h2-12H,1H3,(H2,24,26,28). The fourth-order valence-corrected chi connectivity index (χ4v) is 3.06. The van der Waals surface area contributed by atoms with E-state index in [0.717, 1.165) is 5.56 Å². The van der Waals surface area contributed by atoms with Gasteiger partial charge in [0.1, 0.15) is 17.2 Å². The van der Waals surface area contributed by atoms with Gasteiger partial charge in [-0.25, -0.2) is 14.2 Å². The number of benzene rings is 2. The molecule has 4 rings (SSSR count). The summed E-state index contributed by atoms with van der Waals surface area (Å²) in [6.07, 6.45) is 1.80. The highest BCUT2D eigenvalue weighted by Crippen LogP contribution is 2.30. The van der Waals surface area contributed by atoms with Crippen molar-refractivity contribution in [2.24, 2.45) is 0 Å². The molecule has 4 aromatic rings. The van der Waals surface area contributed by atoms with Crippen LogP contribution in [0.25, 0.3) is 16.9 Å². The minimum atomic E-state index is -0.568. The minimum Gasteiger partial charge on any atom is -0.494 e. The summed E-state index contributed by atoms with van der Waals surface area (Å²) >= 11 is 5.98. The van der Waals surface area contributed by atoms with E-state index in [9.17, 15) is 9.18 Å². The van der Waals surface area contributed by atoms with Crippen LogP contribution in [0.4, 0.5) is 20.7 Å². The lowest BCUT2D eigenvalue weighted by Crippen LogP contribution is -2.20.